The minimum atomic E-state index is -0.734. The first-order valence-electron chi connectivity index (χ1n) is 7.76. The molecule has 1 atom stereocenters. The third kappa shape index (κ3) is 4.48. The number of hydrogen-bond donors (Lipinski definition) is 1. The van der Waals surface area contributed by atoms with Crippen LogP contribution in [0.15, 0.2) is 42.5 Å². The molecule has 5 nitrogen and oxygen atoms in total. The van der Waals surface area contributed by atoms with E-state index in [2.05, 4.69) is 0 Å². The van der Waals surface area contributed by atoms with Crippen molar-refractivity contribution in [3.8, 4) is 10.4 Å². The lowest BCUT2D eigenvalue weighted by atomic mass is 10.2. The molecule has 2 amide bonds. The van der Waals surface area contributed by atoms with Crippen LogP contribution in [0.1, 0.15) is 4.88 Å². The zero-order chi connectivity index (χ0) is 17.8. The minimum absolute atomic E-state index is 0.160. The molecule has 2 aromatic rings. The van der Waals surface area contributed by atoms with Gasteiger partial charge in [0.05, 0.1) is 13.2 Å². The topological polar surface area (TPSA) is 72.6 Å². The first-order chi connectivity index (χ1) is 12.0. The van der Waals surface area contributed by atoms with Gasteiger partial charge < -0.3 is 15.4 Å². The lowest BCUT2D eigenvalue weighted by Crippen LogP contribution is -2.50. The van der Waals surface area contributed by atoms with E-state index in [9.17, 15) is 9.59 Å². The van der Waals surface area contributed by atoms with Gasteiger partial charge in [0.1, 0.15) is 0 Å². The number of carbonyl (C=O) groups excluding carboxylic acids is 2. The van der Waals surface area contributed by atoms with Gasteiger partial charge in [-0.3, -0.25) is 9.59 Å². The van der Waals surface area contributed by atoms with Crippen LogP contribution in [0, 0.1) is 0 Å². The standard InChI is InChI=1S/C18H17ClN2O3S/c19-13-3-1-2-12(10-13)16-6-4-14(25-16)5-7-17(22)21-8-9-24-15(11-21)18(20)23/h1-7,10,15H,8-9,11H2,(H2,20,23)/b7-5+/t15-/m0/s1. The average Bonchev–Trinajstić information content (AvgIpc) is 3.09. The van der Waals surface area contributed by atoms with Crippen molar-refractivity contribution in [1.82, 2.24) is 4.90 Å². The Kier molecular flexibility index (Phi) is 5.53. The highest BCUT2D eigenvalue weighted by Gasteiger charge is 2.26. The third-order valence-electron chi connectivity index (χ3n) is 3.82. The molecule has 0 spiro atoms. The van der Waals surface area contributed by atoms with Crippen LogP contribution in [0.25, 0.3) is 16.5 Å². The van der Waals surface area contributed by atoms with Gasteiger partial charge >= 0.3 is 0 Å². The van der Waals surface area contributed by atoms with E-state index < -0.39 is 12.0 Å². The van der Waals surface area contributed by atoms with Crippen molar-refractivity contribution >= 4 is 40.8 Å². The predicted octanol–water partition coefficient (Wildman–Crippen LogP) is 2.79. The number of ether oxygens (including phenoxy) is 1. The number of thiophene rings is 1. The van der Waals surface area contributed by atoms with Crippen LogP contribution < -0.4 is 5.73 Å². The maximum atomic E-state index is 12.3. The summed E-state index contributed by atoms with van der Waals surface area (Å²) in [5.74, 6) is -0.710. The van der Waals surface area contributed by atoms with Gasteiger partial charge in [0.2, 0.25) is 11.8 Å². The molecule has 3 rings (SSSR count). The molecule has 1 aliphatic heterocycles. The number of nitrogens with zero attached hydrogens (tertiary/aromatic N) is 1. The SMILES string of the molecule is NC(=O)[C@@H]1CN(C(=O)/C=C/c2ccc(-c3cccc(Cl)c3)s2)CCO1. The molecule has 130 valence electrons. The summed E-state index contributed by atoms with van der Waals surface area (Å²) in [7, 11) is 0. The van der Waals surface area contributed by atoms with Crippen molar-refractivity contribution in [2.75, 3.05) is 19.7 Å². The summed E-state index contributed by atoms with van der Waals surface area (Å²) < 4.78 is 5.24. The second kappa shape index (κ2) is 7.82. The fourth-order valence-electron chi connectivity index (χ4n) is 2.52. The summed E-state index contributed by atoms with van der Waals surface area (Å²) in [6.07, 6.45) is 2.55. The van der Waals surface area contributed by atoms with Crippen LogP contribution >= 0.6 is 22.9 Å². The molecule has 2 N–H and O–H groups in total. The van der Waals surface area contributed by atoms with Gasteiger partial charge in [0.25, 0.3) is 0 Å². The van der Waals surface area contributed by atoms with Crippen molar-refractivity contribution in [3.63, 3.8) is 0 Å². The highest BCUT2D eigenvalue weighted by Crippen LogP contribution is 2.30. The molecule has 0 aliphatic carbocycles. The van der Waals surface area contributed by atoms with E-state index in [-0.39, 0.29) is 12.5 Å². The smallest absolute Gasteiger partial charge is 0.248 e. The molecule has 1 aliphatic rings. The lowest BCUT2D eigenvalue weighted by molar-refractivity contribution is -0.142. The highest BCUT2D eigenvalue weighted by molar-refractivity contribution is 7.16. The van der Waals surface area contributed by atoms with Crippen LogP contribution in [-0.4, -0.2) is 42.5 Å². The highest BCUT2D eigenvalue weighted by atomic mass is 35.5. The van der Waals surface area contributed by atoms with Crippen molar-refractivity contribution in [1.29, 1.82) is 0 Å². The van der Waals surface area contributed by atoms with Gasteiger partial charge in [-0.15, -0.1) is 11.3 Å². The maximum absolute atomic E-state index is 12.3. The second-order valence-electron chi connectivity index (χ2n) is 5.59. The van der Waals surface area contributed by atoms with Crippen molar-refractivity contribution in [2.24, 2.45) is 5.73 Å². The molecule has 0 bridgehead atoms. The van der Waals surface area contributed by atoms with Gasteiger partial charge in [-0.2, -0.15) is 0 Å². The van der Waals surface area contributed by atoms with Crippen LogP contribution in [0.3, 0.4) is 0 Å². The van der Waals surface area contributed by atoms with Gasteiger partial charge in [-0.1, -0.05) is 23.7 Å². The van der Waals surface area contributed by atoms with Crippen LogP contribution in [-0.2, 0) is 14.3 Å². The number of halogens is 1. The van der Waals surface area contributed by atoms with Crippen LogP contribution in [0.5, 0.6) is 0 Å². The Hall–Kier alpha value is -2.15. The lowest BCUT2D eigenvalue weighted by Gasteiger charge is -2.30. The Balaban J connectivity index is 1.66. The van der Waals surface area contributed by atoms with E-state index >= 15 is 0 Å². The molecule has 1 saturated heterocycles. The second-order valence-corrected chi connectivity index (χ2v) is 7.14. The molecule has 1 aromatic carbocycles. The average molecular weight is 377 g/mol. The molecule has 0 saturated carbocycles. The molecule has 0 unspecified atom stereocenters. The summed E-state index contributed by atoms with van der Waals surface area (Å²) in [5, 5.41) is 0.689. The molecule has 2 heterocycles. The van der Waals surface area contributed by atoms with Gasteiger partial charge in [-0.05, 0) is 35.9 Å². The fraction of sp³-hybridized carbons (Fsp3) is 0.222. The number of morpholine rings is 1. The molecule has 1 fully saturated rings. The summed E-state index contributed by atoms with van der Waals surface area (Å²) >= 11 is 7.60. The van der Waals surface area contributed by atoms with Crippen molar-refractivity contribution in [2.45, 2.75) is 6.10 Å². The van der Waals surface area contributed by atoms with E-state index in [0.29, 0.717) is 18.2 Å². The number of hydrogen-bond acceptors (Lipinski definition) is 4. The summed E-state index contributed by atoms with van der Waals surface area (Å²) in [5.41, 5.74) is 6.28. The molecule has 7 heteroatoms. The Morgan fingerprint density at radius 3 is 2.92 bits per heavy atom. The predicted molar refractivity (Wildman–Crippen MR) is 99.3 cm³/mol. The number of nitrogens with two attached hydrogens (primary N) is 1. The Bertz CT molecular complexity index is 818. The quantitative estimate of drug-likeness (QED) is 0.834. The molecular weight excluding hydrogens is 360 g/mol. The summed E-state index contributed by atoms with van der Waals surface area (Å²) in [4.78, 5) is 27.1. The van der Waals surface area contributed by atoms with E-state index in [4.69, 9.17) is 22.1 Å². The minimum Gasteiger partial charge on any atom is -0.367 e. The molecule has 25 heavy (non-hydrogen) atoms. The maximum Gasteiger partial charge on any atom is 0.248 e. The van der Waals surface area contributed by atoms with Gasteiger partial charge in [0, 0.05) is 27.4 Å². The van der Waals surface area contributed by atoms with E-state index in [1.165, 1.54) is 6.08 Å². The van der Waals surface area contributed by atoms with Gasteiger partial charge in [-0.25, -0.2) is 0 Å². The largest absolute Gasteiger partial charge is 0.367 e. The van der Waals surface area contributed by atoms with E-state index in [0.717, 1.165) is 15.3 Å². The number of carbonyl (C=O) groups is 2. The Morgan fingerprint density at radius 1 is 1.32 bits per heavy atom. The number of primary amides is 1. The number of benzene rings is 1. The Labute approximate surface area is 154 Å². The van der Waals surface area contributed by atoms with Crippen LogP contribution in [0.4, 0.5) is 0 Å². The Morgan fingerprint density at radius 2 is 2.16 bits per heavy atom. The number of rotatable bonds is 4. The van der Waals surface area contributed by atoms with E-state index in [1.807, 2.05) is 36.4 Å². The van der Waals surface area contributed by atoms with E-state index in [1.54, 1.807) is 22.3 Å². The zero-order valence-corrected chi connectivity index (χ0v) is 14.9. The first-order valence-corrected chi connectivity index (χ1v) is 8.96. The van der Waals surface area contributed by atoms with Gasteiger partial charge in [0.15, 0.2) is 6.10 Å². The zero-order valence-electron chi connectivity index (χ0n) is 13.4. The van der Waals surface area contributed by atoms with Crippen LogP contribution in [0.2, 0.25) is 5.02 Å². The third-order valence-corrected chi connectivity index (χ3v) is 5.16. The number of amides is 2. The molecule has 1 aromatic heterocycles. The van der Waals surface area contributed by atoms with Crippen molar-refractivity contribution < 1.29 is 14.3 Å². The van der Waals surface area contributed by atoms with Crippen molar-refractivity contribution in [3.05, 3.63) is 52.4 Å². The first kappa shape index (κ1) is 17.7. The monoisotopic (exact) mass is 376 g/mol. The molecule has 0 radical (unpaired) electrons. The summed E-state index contributed by atoms with van der Waals surface area (Å²) in [6.45, 7) is 0.951. The normalized spacial score (nSPS) is 17.8. The summed E-state index contributed by atoms with van der Waals surface area (Å²) in [6, 6.07) is 11.6. The fourth-order valence-corrected chi connectivity index (χ4v) is 3.62. The molecular formula is C18H17ClN2O3S.